The van der Waals surface area contributed by atoms with Gasteiger partial charge in [0.25, 0.3) is 0 Å². The van der Waals surface area contributed by atoms with E-state index in [1.807, 2.05) is 30.3 Å². The summed E-state index contributed by atoms with van der Waals surface area (Å²) in [5, 5.41) is 7.82. The van der Waals surface area contributed by atoms with Crippen molar-refractivity contribution >= 4 is 5.78 Å². The zero-order valence-corrected chi connectivity index (χ0v) is 11.2. The molecule has 2 heterocycles. The SMILES string of the molecule is NCc1cc(C(=O)c2cnnn2-c2ccccc2)ccn1. The summed E-state index contributed by atoms with van der Waals surface area (Å²) in [6, 6.07) is 12.7. The number of pyridine rings is 1. The van der Waals surface area contributed by atoms with Crippen LogP contribution < -0.4 is 5.73 Å². The number of para-hydroxylation sites is 1. The maximum atomic E-state index is 12.6. The minimum atomic E-state index is -0.166. The summed E-state index contributed by atoms with van der Waals surface area (Å²) in [7, 11) is 0. The first-order valence-electron chi connectivity index (χ1n) is 6.45. The van der Waals surface area contributed by atoms with Crippen LogP contribution in [0.3, 0.4) is 0 Å². The highest BCUT2D eigenvalue weighted by Crippen LogP contribution is 2.13. The predicted molar refractivity (Wildman–Crippen MR) is 76.9 cm³/mol. The fourth-order valence-corrected chi connectivity index (χ4v) is 2.03. The zero-order valence-electron chi connectivity index (χ0n) is 11.2. The standard InChI is InChI=1S/C15H13N5O/c16-9-12-8-11(6-7-17-12)15(21)14-10-18-19-20(14)13-4-2-1-3-5-13/h1-8,10H,9,16H2. The lowest BCUT2D eigenvalue weighted by Crippen LogP contribution is -2.11. The molecule has 0 amide bonds. The van der Waals surface area contributed by atoms with Crippen LogP contribution in [-0.4, -0.2) is 25.8 Å². The molecule has 104 valence electrons. The van der Waals surface area contributed by atoms with Crippen LogP contribution in [0, 0.1) is 0 Å². The summed E-state index contributed by atoms with van der Waals surface area (Å²) in [6.45, 7) is 0.289. The largest absolute Gasteiger partial charge is 0.325 e. The van der Waals surface area contributed by atoms with Crippen LogP contribution in [0.25, 0.3) is 5.69 Å². The van der Waals surface area contributed by atoms with Gasteiger partial charge in [-0.25, -0.2) is 4.68 Å². The van der Waals surface area contributed by atoms with Crippen LogP contribution in [0.1, 0.15) is 21.7 Å². The van der Waals surface area contributed by atoms with Gasteiger partial charge in [-0.3, -0.25) is 9.78 Å². The van der Waals surface area contributed by atoms with Crippen molar-refractivity contribution in [3.63, 3.8) is 0 Å². The van der Waals surface area contributed by atoms with E-state index in [0.29, 0.717) is 17.0 Å². The van der Waals surface area contributed by atoms with E-state index in [1.165, 1.54) is 10.9 Å². The topological polar surface area (TPSA) is 86.7 Å². The van der Waals surface area contributed by atoms with Crippen molar-refractivity contribution in [1.29, 1.82) is 0 Å². The molecule has 0 aliphatic carbocycles. The zero-order chi connectivity index (χ0) is 14.7. The molecule has 2 aromatic heterocycles. The van der Waals surface area contributed by atoms with Crippen molar-refractivity contribution in [3.05, 3.63) is 71.8 Å². The number of carbonyl (C=O) groups excluding carboxylic acids is 1. The van der Waals surface area contributed by atoms with E-state index in [1.54, 1.807) is 18.3 Å². The van der Waals surface area contributed by atoms with Crippen molar-refractivity contribution < 1.29 is 4.79 Å². The van der Waals surface area contributed by atoms with Gasteiger partial charge in [-0.2, -0.15) is 0 Å². The molecule has 1 aromatic carbocycles. The minimum Gasteiger partial charge on any atom is -0.325 e. The van der Waals surface area contributed by atoms with Gasteiger partial charge in [0.05, 0.1) is 17.6 Å². The molecule has 3 aromatic rings. The molecule has 0 bridgehead atoms. The molecule has 0 aliphatic rings. The van der Waals surface area contributed by atoms with E-state index in [9.17, 15) is 4.79 Å². The molecular weight excluding hydrogens is 266 g/mol. The highest BCUT2D eigenvalue weighted by Gasteiger charge is 2.16. The molecule has 6 nitrogen and oxygen atoms in total. The summed E-state index contributed by atoms with van der Waals surface area (Å²) in [5.41, 5.74) is 7.92. The third kappa shape index (κ3) is 2.56. The first-order valence-corrected chi connectivity index (χ1v) is 6.45. The Balaban J connectivity index is 2.01. The lowest BCUT2D eigenvalue weighted by Gasteiger charge is -2.06. The molecule has 0 saturated carbocycles. The Morgan fingerprint density at radius 3 is 2.76 bits per heavy atom. The molecule has 2 N–H and O–H groups in total. The van der Waals surface area contributed by atoms with Crippen molar-refractivity contribution in [3.8, 4) is 5.69 Å². The van der Waals surface area contributed by atoms with Gasteiger partial charge in [-0.1, -0.05) is 23.4 Å². The van der Waals surface area contributed by atoms with Crippen LogP contribution in [0.15, 0.2) is 54.9 Å². The Labute approximate surface area is 121 Å². The molecule has 0 saturated heterocycles. The lowest BCUT2D eigenvalue weighted by atomic mass is 10.1. The van der Waals surface area contributed by atoms with Crippen molar-refractivity contribution in [2.75, 3.05) is 0 Å². The molecule has 0 radical (unpaired) electrons. The molecule has 3 rings (SSSR count). The molecule has 0 aliphatic heterocycles. The maximum Gasteiger partial charge on any atom is 0.213 e. The van der Waals surface area contributed by atoms with E-state index in [-0.39, 0.29) is 12.3 Å². The van der Waals surface area contributed by atoms with Crippen molar-refractivity contribution in [1.82, 2.24) is 20.0 Å². The third-order valence-electron chi connectivity index (χ3n) is 3.07. The van der Waals surface area contributed by atoms with E-state index in [0.717, 1.165) is 5.69 Å². The van der Waals surface area contributed by atoms with Crippen LogP contribution in [0.4, 0.5) is 0 Å². The second-order valence-electron chi connectivity index (χ2n) is 4.44. The highest BCUT2D eigenvalue weighted by molar-refractivity contribution is 6.08. The van der Waals surface area contributed by atoms with Crippen LogP contribution in [0.5, 0.6) is 0 Å². The summed E-state index contributed by atoms with van der Waals surface area (Å²) in [4.78, 5) is 16.7. The Bertz CT molecular complexity index is 766. The fourth-order valence-electron chi connectivity index (χ4n) is 2.03. The number of ketones is 1. The van der Waals surface area contributed by atoms with E-state index in [4.69, 9.17) is 5.73 Å². The van der Waals surface area contributed by atoms with Crippen molar-refractivity contribution in [2.45, 2.75) is 6.54 Å². The van der Waals surface area contributed by atoms with E-state index >= 15 is 0 Å². The third-order valence-corrected chi connectivity index (χ3v) is 3.07. The summed E-state index contributed by atoms with van der Waals surface area (Å²) in [6.07, 6.45) is 3.03. The van der Waals surface area contributed by atoms with Crippen LogP contribution >= 0.6 is 0 Å². The summed E-state index contributed by atoms with van der Waals surface area (Å²) < 4.78 is 1.52. The van der Waals surface area contributed by atoms with Gasteiger partial charge >= 0.3 is 0 Å². The second-order valence-corrected chi connectivity index (χ2v) is 4.44. The predicted octanol–water partition coefficient (Wildman–Crippen LogP) is 1.35. The maximum absolute atomic E-state index is 12.6. The number of hydrogen-bond donors (Lipinski definition) is 1. The van der Waals surface area contributed by atoms with Crippen LogP contribution in [0.2, 0.25) is 0 Å². The van der Waals surface area contributed by atoms with E-state index in [2.05, 4.69) is 15.3 Å². The number of benzene rings is 1. The molecule has 0 fully saturated rings. The summed E-state index contributed by atoms with van der Waals surface area (Å²) >= 11 is 0. The molecule has 21 heavy (non-hydrogen) atoms. The molecule has 6 heteroatoms. The quantitative estimate of drug-likeness (QED) is 0.728. The molecule has 0 atom stereocenters. The normalized spacial score (nSPS) is 10.5. The Morgan fingerprint density at radius 1 is 1.19 bits per heavy atom. The van der Waals surface area contributed by atoms with Crippen molar-refractivity contribution in [2.24, 2.45) is 5.73 Å². The Hall–Kier alpha value is -2.86. The van der Waals surface area contributed by atoms with Gasteiger partial charge in [0.1, 0.15) is 5.69 Å². The average molecular weight is 279 g/mol. The van der Waals surface area contributed by atoms with Gasteiger partial charge in [-0.15, -0.1) is 5.10 Å². The lowest BCUT2D eigenvalue weighted by molar-refractivity contribution is 0.103. The first kappa shape index (κ1) is 13.1. The number of nitrogens with two attached hydrogens (primary N) is 1. The van der Waals surface area contributed by atoms with Crippen LogP contribution in [-0.2, 0) is 6.54 Å². The minimum absolute atomic E-state index is 0.166. The summed E-state index contributed by atoms with van der Waals surface area (Å²) in [5.74, 6) is -0.166. The highest BCUT2D eigenvalue weighted by atomic mass is 16.1. The molecule has 0 spiro atoms. The van der Waals surface area contributed by atoms with E-state index < -0.39 is 0 Å². The van der Waals surface area contributed by atoms with Gasteiger partial charge in [0, 0.05) is 18.3 Å². The van der Waals surface area contributed by atoms with Gasteiger partial charge in [0.15, 0.2) is 0 Å². The van der Waals surface area contributed by atoms with Gasteiger partial charge in [0.2, 0.25) is 5.78 Å². The smallest absolute Gasteiger partial charge is 0.213 e. The fraction of sp³-hybridized carbons (Fsp3) is 0.0667. The molecular formula is C15H13N5O. The molecule has 0 unspecified atom stereocenters. The Kier molecular flexibility index (Phi) is 3.53. The van der Waals surface area contributed by atoms with Gasteiger partial charge in [-0.05, 0) is 24.3 Å². The monoisotopic (exact) mass is 279 g/mol. The number of hydrogen-bond acceptors (Lipinski definition) is 5. The number of nitrogens with zero attached hydrogens (tertiary/aromatic N) is 4. The number of aromatic nitrogens is 4. The second kappa shape index (κ2) is 5.64. The Morgan fingerprint density at radius 2 is 2.00 bits per heavy atom. The number of carbonyl (C=O) groups is 1. The average Bonchev–Trinajstić information content (AvgIpc) is 3.04. The van der Waals surface area contributed by atoms with Gasteiger partial charge < -0.3 is 5.73 Å². The number of rotatable bonds is 4. The first-order chi connectivity index (χ1) is 10.3.